The number of hydrogen-bond acceptors (Lipinski definition) is 5. The fourth-order valence-electron chi connectivity index (χ4n) is 2.35. The molecule has 0 N–H and O–H groups in total. The maximum atomic E-state index is 12.3. The summed E-state index contributed by atoms with van der Waals surface area (Å²) in [6.45, 7) is 1.92. The topological polar surface area (TPSA) is 69.7 Å². The Labute approximate surface area is 148 Å². The molecule has 0 fully saturated rings. The minimum absolute atomic E-state index is 0.0882. The Balaban J connectivity index is 1.87. The second-order valence-electron chi connectivity index (χ2n) is 5.48. The van der Waals surface area contributed by atoms with E-state index in [0.29, 0.717) is 30.1 Å². The van der Waals surface area contributed by atoms with E-state index in [0.717, 1.165) is 5.56 Å². The molecule has 0 amide bonds. The van der Waals surface area contributed by atoms with E-state index in [1.165, 1.54) is 0 Å². The number of carbonyl (C=O) groups is 1. The Hall–Kier alpha value is -2.34. The molecule has 2 aromatic rings. The van der Waals surface area contributed by atoms with Crippen molar-refractivity contribution in [2.75, 3.05) is 19.0 Å². The first-order chi connectivity index (χ1) is 12.0. The van der Waals surface area contributed by atoms with Gasteiger partial charge in [-0.1, -0.05) is 30.3 Å². The molecule has 134 valence electrons. The molecule has 0 aromatic heterocycles. The van der Waals surface area contributed by atoms with E-state index in [-0.39, 0.29) is 12.4 Å². The van der Waals surface area contributed by atoms with Gasteiger partial charge in [0.05, 0.1) is 17.3 Å². The first-order valence-electron chi connectivity index (χ1n) is 8.16. The van der Waals surface area contributed by atoms with Gasteiger partial charge >= 0.3 is 5.97 Å². The number of carbonyl (C=O) groups excluding carboxylic acids is 1. The molecule has 0 saturated heterocycles. The molecule has 5 nitrogen and oxygen atoms in total. The first-order valence-corrected chi connectivity index (χ1v) is 9.81. The summed E-state index contributed by atoms with van der Waals surface area (Å²) in [5.74, 6) is 0.239. The molecule has 6 heteroatoms. The van der Waals surface area contributed by atoms with Gasteiger partial charge in [-0.05, 0) is 49.6 Å². The van der Waals surface area contributed by atoms with Crippen molar-refractivity contribution < 1.29 is 22.7 Å². The van der Waals surface area contributed by atoms with E-state index in [2.05, 4.69) is 0 Å². The van der Waals surface area contributed by atoms with Crippen LogP contribution in [0, 0.1) is 0 Å². The van der Waals surface area contributed by atoms with Gasteiger partial charge in [-0.3, -0.25) is 0 Å². The van der Waals surface area contributed by atoms with Gasteiger partial charge in [-0.2, -0.15) is 0 Å². The van der Waals surface area contributed by atoms with Crippen LogP contribution in [-0.4, -0.2) is 33.4 Å². The fourth-order valence-corrected chi connectivity index (χ4v) is 3.68. The largest absolute Gasteiger partial charge is 0.482 e. The summed E-state index contributed by atoms with van der Waals surface area (Å²) >= 11 is 0. The van der Waals surface area contributed by atoms with Crippen LogP contribution in [0.25, 0.3) is 0 Å². The number of rotatable bonds is 9. The minimum Gasteiger partial charge on any atom is -0.482 e. The predicted octanol–water partition coefficient (Wildman–Crippen LogP) is 3.04. The zero-order valence-electron chi connectivity index (χ0n) is 14.2. The summed E-state index contributed by atoms with van der Waals surface area (Å²) in [5.41, 5.74) is 0.963. The smallest absolute Gasteiger partial charge is 0.344 e. The van der Waals surface area contributed by atoms with E-state index in [1.807, 2.05) is 18.2 Å². The molecule has 0 aliphatic carbocycles. The molecule has 2 rings (SSSR count). The van der Waals surface area contributed by atoms with Crippen LogP contribution < -0.4 is 4.74 Å². The molecule has 0 atom stereocenters. The third-order valence-electron chi connectivity index (χ3n) is 3.54. The van der Waals surface area contributed by atoms with E-state index >= 15 is 0 Å². The highest BCUT2D eigenvalue weighted by Gasteiger charge is 2.13. The summed E-state index contributed by atoms with van der Waals surface area (Å²) in [7, 11) is -3.26. The predicted molar refractivity (Wildman–Crippen MR) is 95.4 cm³/mol. The van der Waals surface area contributed by atoms with E-state index < -0.39 is 15.8 Å². The Morgan fingerprint density at radius 2 is 1.80 bits per heavy atom. The molecular formula is C19H22O5S. The fraction of sp³-hybridized carbons (Fsp3) is 0.316. The van der Waals surface area contributed by atoms with Crippen LogP contribution in [0.2, 0.25) is 0 Å². The van der Waals surface area contributed by atoms with Gasteiger partial charge in [-0.15, -0.1) is 0 Å². The van der Waals surface area contributed by atoms with Gasteiger partial charge < -0.3 is 9.47 Å². The Morgan fingerprint density at radius 3 is 2.52 bits per heavy atom. The number of benzene rings is 2. The molecule has 0 radical (unpaired) electrons. The molecule has 0 spiro atoms. The van der Waals surface area contributed by atoms with Crippen molar-refractivity contribution in [1.29, 1.82) is 0 Å². The van der Waals surface area contributed by atoms with Crippen molar-refractivity contribution in [3.8, 4) is 5.75 Å². The zero-order valence-corrected chi connectivity index (χ0v) is 15.0. The molecule has 0 bridgehead atoms. The van der Waals surface area contributed by atoms with E-state index in [1.54, 1.807) is 43.3 Å². The van der Waals surface area contributed by atoms with Gasteiger partial charge in [-0.25, -0.2) is 13.2 Å². The molecule has 0 saturated carbocycles. The summed E-state index contributed by atoms with van der Waals surface area (Å²) < 4.78 is 34.7. The van der Waals surface area contributed by atoms with Crippen molar-refractivity contribution in [3.63, 3.8) is 0 Å². The van der Waals surface area contributed by atoms with Crippen LogP contribution >= 0.6 is 0 Å². The SMILES string of the molecule is CCOC(=O)COc1cccc(CCCS(=O)(=O)c2ccccc2)c1. The standard InChI is InChI=1S/C19H22O5S/c1-2-23-19(20)15-24-17-10-6-8-16(14-17)9-7-13-25(21,22)18-11-4-3-5-12-18/h3-6,8,10-12,14H,2,7,9,13,15H2,1H3. The van der Waals surface area contributed by atoms with Crippen LogP contribution in [-0.2, 0) is 25.8 Å². The lowest BCUT2D eigenvalue weighted by atomic mass is 10.1. The van der Waals surface area contributed by atoms with Crippen LogP contribution in [0.5, 0.6) is 5.75 Å². The van der Waals surface area contributed by atoms with Crippen molar-refractivity contribution in [2.45, 2.75) is 24.7 Å². The lowest BCUT2D eigenvalue weighted by Gasteiger charge is -2.08. The van der Waals surface area contributed by atoms with Crippen LogP contribution in [0.1, 0.15) is 18.9 Å². The Kier molecular flexibility index (Phi) is 7.01. The first kappa shape index (κ1) is 19.0. The molecule has 0 aliphatic rings. The van der Waals surface area contributed by atoms with Crippen LogP contribution in [0.15, 0.2) is 59.5 Å². The number of esters is 1. The van der Waals surface area contributed by atoms with Gasteiger partial charge in [0.2, 0.25) is 0 Å². The number of aryl methyl sites for hydroxylation is 1. The average Bonchev–Trinajstić information content (AvgIpc) is 2.61. The third kappa shape index (κ3) is 6.23. The molecule has 0 heterocycles. The Morgan fingerprint density at radius 1 is 1.04 bits per heavy atom. The lowest BCUT2D eigenvalue weighted by Crippen LogP contribution is -2.14. The summed E-state index contributed by atoms with van der Waals surface area (Å²) in [6.07, 6.45) is 1.13. The van der Waals surface area contributed by atoms with Gasteiger partial charge in [0.1, 0.15) is 5.75 Å². The number of ether oxygens (including phenoxy) is 2. The molecule has 0 aliphatic heterocycles. The van der Waals surface area contributed by atoms with Gasteiger partial charge in [0.15, 0.2) is 16.4 Å². The normalized spacial score (nSPS) is 11.1. The summed E-state index contributed by atoms with van der Waals surface area (Å²) in [5, 5.41) is 0. The molecular weight excluding hydrogens is 340 g/mol. The number of sulfone groups is 1. The Bertz CT molecular complexity index is 784. The van der Waals surface area contributed by atoms with Gasteiger partial charge in [0.25, 0.3) is 0 Å². The second-order valence-corrected chi connectivity index (χ2v) is 7.59. The quantitative estimate of drug-likeness (QED) is 0.641. The number of hydrogen-bond donors (Lipinski definition) is 0. The minimum atomic E-state index is -3.26. The van der Waals surface area contributed by atoms with Crippen molar-refractivity contribution in [1.82, 2.24) is 0 Å². The molecule has 25 heavy (non-hydrogen) atoms. The summed E-state index contributed by atoms with van der Waals surface area (Å²) in [4.78, 5) is 11.7. The highest BCUT2D eigenvalue weighted by atomic mass is 32.2. The highest BCUT2D eigenvalue weighted by molar-refractivity contribution is 7.91. The molecule has 0 unspecified atom stereocenters. The maximum absolute atomic E-state index is 12.3. The lowest BCUT2D eigenvalue weighted by molar-refractivity contribution is -0.145. The average molecular weight is 362 g/mol. The highest BCUT2D eigenvalue weighted by Crippen LogP contribution is 2.17. The maximum Gasteiger partial charge on any atom is 0.344 e. The zero-order chi connectivity index (χ0) is 18.1. The van der Waals surface area contributed by atoms with Crippen LogP contribution in [0.4, 0.5) is 0 Å². The van der Waals surface area contributed by atoms with E-state index in [4.69, 9.17) is 9.47 Å². The third-order valence-corrected chi connectivity index (χ3v) is 5.36. The molecule has 2 aromatic carbocycles. The van der Waals surface area contributed by atoms with E-state index in [9.17, 15) is 13.2 Å². The summed E-state index contributed by atoms with van der Waals surface area (Å²) in [6, 6.07) is 15.7. The van der Waals surface area contributed by atoms with Crippen molar-refractivity contribution in [3.05, 3.63) is 60.2 Å². The van der Waals surface area contributed by atoms with Crippen molar-refractivity contribution in [2.24, 2.45) is 0 Å². The van der Waals surface area contributed by atoms with Crippen molar-refractivity contribution >= 4 is 15.8 Å². The van der Waals surface area contributed by atoms with Crippen LogP contribution in [0.3, 0.4) is 0 Å². The monoisotopic (exact) mass is 362 g/mol. The second kappa shape index (κ2) is 9.22. The van der Waals surface area contributed by atoms with Gasteiger partial charge in [0, 0.05) is 0 Å².